The highest BCUT2D eigenvalue weighted by Crippen LogP contribution is 2.24. The average molecular weight is 329 g/mol. The topological polar surface area (TPSA) is 49.3 Å². The van der Waals surface area contributed by atoms with Gasteiger partial charge in [0.05, 0.1) is 12.0 Å². The maximum absolute atomic E-state index is 12.7. The van der Waals surface area contributed by atoms with E-state index in [0.29, 0.717) is 6.42 Å². The molecule has 0 radical (unpaired) electrons. The summed E-state index contributed by atoms with van der Waals surface area (Å²) in [7, 11) is 0. The van der Waals surface area contributed by atoms with E-state index in [1.165, 1.54) is 0 Å². The predicted molar refractivity (Wildman–Crippen MR) is 96.7 cm³/mol. The molecule has 1 unspecified atom stereocenters. The summed E-state index contributed by atoms with van der Waals surface area (Å²) in [5, 5.41) is 12.8. The number of hydrogen-bond donors (Lipinski definition) is 2. The van der Waals surface area contributed by atoms with Gasteiger partial charge in [-0.2, -0.15) is 11.8 Å². The molecule has 1 amide bonds. The van der Waals surface area contributed by atoms with Crippen LogP contribution >= 0.6 is 11.8 Å². The number of carbonyl (C=O) groups excluding carboxylic acids is 1. The van der Waals surface area contributed by atoms with Crippen LogP contribution in [-0.4, -0.2) is 35.7 Å². The van der Waals surface area contributed by atoms with Gasteiger partial charge in [-0.25, -0.2) is 0 Å². The van der Waals surface area contributed by atoms with Crippen LogP contribution in [0.5, 0.6) is 0 Å². The van der Waals surface area contributed by atoms with Gasteiger partial charge >= 0.3 is 0 Å². The molecule has 0 spiro atoms. The van der Waals surface area contributed by atoms with Crippen LogP contribution in [0.1, 0.15) is 23.5 Å². The fourth-order valence-corrected chi connectivity index (χ4v) is 2.97. The van der Waals surface area contributed by atoms with Crippen LogP contribution in [0.15, 0.2) is 60.7 Å². The minimum absolute atomic E-state index is 0.0781. The maximum Gasteiger partial charge on any atom is 0.232 e. The number of amides is 1. The Bertz CT molecular complexity index is 549. The number of nitrogens with one attached hydrogen (secondary N) is 1. The van der Waals surface area contributed by atoms with Crippen LogP contribution in [0.3, 0.4) is 0 Å². The highest BCUT2D eigenvalue weighted by Gasteiger charge is 2.22. The summed E-state index contributed by atoms with van der Waals surface area (Å²) in [6, 6.07) is 19.5. The number of hydrogen-bond acceptors (Lipinski definition) is 3. The van der Waals surface area contributed by atoms with E-state index in [-0.39, 0.29) is 18.4 Å². The van der Waals surface area contributed by atoms with Gasteiger partial charge in [-0.05, 0) is 29.6 Å². The SMILES string of the molecule is CSCCC(O)CNC(=O)C(c1ccccc1)c1ccccc1. The summed E-state index contributed by atoms with van der Waals surface area (Å²) in [4.78, 5) is 12.7. The molecule has 122 valence electrons. The summed E-state index contributed by atoms with van der Waals surface area (Å²) in [6.45, 7) is 0.287. The van der Waals surface area contributed by atoms with E-state index in [1.807, 2.05) is 66.9 Å². The van der Waals surface area contributed by atoms with Crippen molar-refractivity contribution in [3.63, 3.8) is 0 Å². The second-order valence-electron chi connectivity index (χ2n) is 5.43. The first-order chi connectivity index (χ1) is 11.2. The number of rotatable bonds is 8. The smallest absolute Gasteiger partial charge is 0.232 e. The van der Waals surface area contributed by atoms with Crippen molar-refractivity contribution in [1.29, 1.82) is 0 Å². The van der Waals surface area contributed by atoms with E-state index in [9.17, 15) is 9.90 Å². The highest BCUT2D eigenvalue weighted by molar-refractivity contribution is 7.98. The molecule has 3 nitrogen and oxygen atoms in total. The van der Waals surface area contributed by atoms with Crippen molar-refractivity contribution < 1.29 is 9.90 Å². The standard InChI is InChI=1S/C19H23NO2S/c1-23-13-12-17(21)14-20-19(22)18(15-8-4-2-5-9-15)16-10-6-3-7-11-16/h2-11,17-18,21H,12-14H2,1H3,(H,20,22). The monoisotopic (exact) mass is 329 g/mol. The van der Waals surface area contributed by atoms with Crippen LogP contribution < -0.4 is 5.32 Å². The molecule has 2 N–H and O–H groups in total. The lowest BCUT2D eigenvalue weighted by molar-refractivity contribution is -0.122. The zero-order chi connectivity index (χ0) is 16.5. The van der Waals surface area contributed by atoms with Crippen molar-refractivity contribution in [2.45, 2.75) is 18.4 Å². The second kappa shape index (κ2) is 9.38. The van der Waals surface area contributed by atoms with Gasteiger partial charge in [-0.3, -0.25) is 4.79 Å². The molecule has 4 heteroatoms. The van der Waals surface area contributed by atoms with Crippen molar-refractivity contribution in [3.05, 3.63) is 71.8 Å². The molecule has 0 fully saturated rings. The molecule has 0 aliphatic heterocycles. The molecule has 2 aromatic carbocycles. The summed E-state index contributed by atoms with van der Waals surface area (Å²) in [6.07, 6.45) is 2.19. The van der Waals surface area contributed by atoms with Crippen molar-refractivity contribution in [2.75, 3.05) is 18.6 Å². The Morgan fingerprint density at radius 1 is 1.04 bits per heavy atom. The Morgan fingerprint density at radius 3 is 2.04 bits per heavy atom. The fourth-order valence-electron chi connectivity index (χ4n) is 2.46. The van der Waals surface area contributed by atoms with Gasteiger partial charge in [-0.15, -0.1) is 0 Å². The number of benzene rings is 2. The van der Waals surface area contributed by atoms with Gasteiger partial charge in [0.25, 0.3) is 0 Å². The maximum atomic E-state index is 12.7. The summed E-state index contributed by atoms with van der Waals surface area (Å²) in [5.41, 5.74) is 1.91. The quantitative estimate of drug-likeness (QED) is 0.782. The Balaban J connectivity index is 2.10. The number of thioether (sulfide) groups is 1. The third-order valence-electron chi connectivity index (χ3n) is 3.70. The molecular weight excluding hydrogens is 306 g/mol. The van der Waals surface area contributed by atoms with E-state index in [4.69, 9.17) is 0 Å². The third kappa shape index (κ3) is 5.41. The van der Waals surface area contributed by atoms with Gasteiger partial charge in [0.2, 0.25) is 5.91 Å². The van der Waals surface area contributed by atoms with E-state index in [2.05, 4.69) is 5.32 Å². The molecule has 1 atom stereocenters. The lowest BCUT2D eigenvalue weighted by Crippen LogP contribution is -2.36. The van der Waals surface area contributed by atoms with Crippen LogP contribution in [0.4, 0.5) is 0 Å². The molecule has 0 aliphatic carbocycles. The number of aliphatic hydroxyl groups excluding tert-OH is 1. The summed E-state index contributed by atoms with van der Waals surface area (Å²) >= 11 is 1.69. The van der Waals surface area contributed by atoms with E-state index in [1.54, 1.807) is 11.8 Å². The average Bonchev–Trinajstić information content (AvgIpc) is 2.60. The largest absolute Gasteiger partial charge is 0.391 e. The van der Waals surface area contributed by atoms with Crippen molar-refractivity contribution in [2.24, 2.45) is 0 Å². The van der Waals surface area contributed by atoms with Crippen molar-refractivity contribution in [1.82, 2.24) is 5.32 Å². The highest BCUT2D eigenvalue weighted by atomic mass is 32.2. The number of carbonyl (C=O) groups is 1. The Hall–Kier alpha value is -1.78. The summed E-state index contributed by atoms with van der Waals surface area (Å²) < 4.78 is 0. The van der Waals surface area contributed by atoms with Crippen molar-refractivity contribution >= 4 is 17.7 Å². The molecule has 0 heterocycles. The van der Waals surface area contributed by atoms with Gasteiger partial charge in [0.15, 0.2) is 0 Å². The van der Waals surface area contributed by atoms with E-state index >= 15 is 0 Å². The predicted octanol–water partition coefficient (Wildman–Crippen LogP) is 3.05. The molecular formula is C19H23NO2S. The van der Waals surface area contributed by atoms with Crippen LogP contribution in [0.2, 0.25) is 0 Å². The normalized spacial score (nSPS) is 12.1. The van der Waals surface area contributed by atoms with Crippen LogP contribution in [-0.2, 0) is 4.79 Å². The molecule has 0 aromatic heterocycles. The molecule has 23 heavy (non-hydrogen) atoms. The van der Waals surface area contributed by atoms with Gasteiger partial charge in [0, 0.05) is 6.54 Å². The van der Waals surface area contributed by atoms with Crippen LogP contribution in [0.25, 0.3) is 0 Å². The van der Waals surface area contributed by atoms with Crippen molar-refractivity contribution in [3.8, 4) is 0 Å². The first kappa shape index (κ1) is 17.6. The third-order valence-corrected chi connectivity index (χ3v) is 4.34. The van der Waals surface area contributed by atoms with Gasteiger partial charge in [0.1, 0.15) is 0 Å². The Kier molecular flexibility index (Phi) is 7.17. The Labute approximate surface area is 142 Å². The van der Waals surface area contributed by atoms with Gasteiger partial charge in [-0.1, -0.05) is 60.7 Å². The van der Waals surface area contributed by atoms with E-state index in [0.717, 1.165) is 16.9 Å². The molecule has 2 aromatic rings. The first-order valence-corrected chi connectivity index (χ1v) is 9.16. The minimum atomic E-state index is -0.501. The molecule has 0 bridgehead atoms. The first-order valence-electron chi connectivity index (χ1n) is 7.77. The second-order valence-corrected chi connectivity index (χ2v) is 6.42. The fraction of sp³-hybridized carbons (Fsp3) is 0.316. The van der Waals surface area contributed by atoms with Gasteiger partial charge < -0.3 is 10.4 Å². The lowest BCUT2D eigenvalue weighted by atomic mass is 9.90. The molecule has 0 saturated heterocycles. The zero-order valence-corrected chi connectivity index (χ0v) is 14.1. The molecule has 2 rings (SSSR count). The lowest BCUT2D eigenvalue weighted by Gasteiger charge is -2.19. The van der Waals surface area contributed by atoms with Crippen LogP contribution in [0, 0.1) is 0 Å². The number of aliphatic hydroxyl groups is 1. The Morgan fingerprint density at radius 2 is 1.57 bits per heavy atom. The minimum Gasteiger partial charge on any atom is -0.391 e. The van der Waals surface area contributed by atoms with E-state index < -0.39 is 6.10 Å². The molecule has 0 saturated carbocycles. The zero-order valence-electron chi connectivity index (χ0n) is 13.3. The summed E-state index contributed by atoms with van der Waals surface area (Å²) in [5.74, 6) is 0.452. The molecule has 0 aliphatic rings.